The van der Waals surface area contributed by atoms with Crippen LogP contribution in [-0.4, -0.2) is 0 Å². The molecule has 1 heterocycles. The van der Waals surface area contributed by atoms with E-state index in [0.717, 1.165) is 17.1 Å². The molecular weight excluding hydrogens is 695 g/mol. The smallest absolute Gasteiger partial charge is 0.0540 e. The molecule has 1 nitrogen and oxygen atoms in total. The molecule has 0 aliphatic heterocycles. The summed E-state index contributed by atoms with van der Waals surface area (Å²) in [7, 11) is 0. The van der Waals surface area contributed by atoms with E-state index >= 15 is 0 Å². The minimum Gasteiger partial charge on any atom is -0.310 e. The second-order valence-electron chi connectivity index (χ2n) is 14.8. The van der Waals surface area contributed by atoms with Gasteiger partial charge in [0.05, 0.1) is 5.69 Å². The lowest BCUT2D eigenvalue weighted by molar-refractivity contribution is 1.29. The van der Waals surface area contributed by atoms with Gasteiger partial charge < -0.3 is 4.90 Å². The van der Waals surface area contributed by atoms with Crippen molar-refractivity contribution in [2.24, 2.45) is 0 Å². The average molecular weight is 728 g/mol. The van der Waals surface area contributed by atoms with E-state index in [-0.39, 0.29) is 0 Å². The molecule has 6 bridgehead atoms. The van der Waals surface area contributed by atoms with E-state index in [1.807, 2.05) is 11.3 Å². The number of thiophene rings is 1. The fourth-order valence-electron chi connectivity index (χ4n) is 9.30. The summed E-state index contributed by atoms with van der Waals surface area (Å²) in [5.41, 5.74) is 21.3. The second kappa shape index (κ2) is 12.3. The lowest BCUT2D eigenvalue weighted by Gasteiger charge is -2.28. The molecule has 1 aromatic heterocycles. The summed E-state index contributed by atoms with van der Waals surface area (Å²) in [6.45, 7) is 0. The number of benzene rings is 9. The van der Waals surface area contributed by atoms with Gasteiger partial charge in [0.25, 0.3) is 0 Å². The highest BCUT2D eigenvalue weighted by Gasteiger charge is 2.30. The topological polar surface area (TPSA) is 3.24 Å². The number of anilines is 3. The Labute approximate surface area is 330 Å². The van der Waals surface area contributed by atoms with Gasteiger partial charge in [-0.05, 0) is 115 Å². The quantitative estimate of drug-likeness (QED) is 0.171. The Bertz CT molecular complexity index is 3170. The highest BCUT2D eigenvalue weighted by Crippen LogP contribution is 2.57. The Balaban J connectivity index is 1.01. The molecule has 0 atom stereocenters. The van der Waals surface area contributed by atoms with Crippen molar-refractivity contribution in [3.05, 3.63) is 200 Å². The highest BCUT2D eigenvalue weighted by atomic mass is 32.1. The molecule has 0 unspecified atom stereocenters. The highest BCUT2D eigenvalue weighted by molar-refractivity contribution is 7.25. The van der Waals surface area contributed by atoms with Gasteiger partial charge in [-0.1, -0.05) is 158 Å². The van der Waals surface area contributed by atoms with Gasteiger partial charge in [0.2, 0.25) is 0 Å². The summed E-state index contributed by atoms with van der Waals surface area (Å²) < 4.78 is 2.60. The van der Waals surface area contributed by atoms with Crippen LogP contribution in [0.15, 0.2) is 200 Å². The number of rotatable bonds is 5. The van der Waals surface area contributed by atoms with E-state index in [0.29, 0.717) is 0 Å². The van der Waals surface area contributed by atoms with Crippen molar-refractivity contribution in [3.63, 3.8) is 0 Å². The summed E-state index contributed by atoms with van der Waals surface area (Å²) in [5, 5.41) is 2.62. The van der Waals surface area contributed by atoms with Crippen molar-refractivity contribution >= 4 is 48.6 Å². The second-order valence-corrected chi connectivity index (χ2v) is 15.9. The first kappa shape index (κ1) is 31.4. The maximum atomic E-state index is 2.43. The van der Waals surface area contributed by atoms with Crippen LogP contribution >= 0.6 is 11.3 Å². The molecule has 0 fully saturated rings. The van der Waals surface area contributed by atoms with Crippen molar-refractivity contribution in [2.75, 3.05) is 4.90 Å². The van der Waals surface area contributed by atoms with Crippen molar-refractivity contribution < 1.29 is 0 Å². The number of para-hydroxylation sites is 1. The molecule has 0 saturated carbocycles. The average Bonchev–Trinajstić information content (AvgIpc) is 3.59. The van der Waals surface area contributed by atoms with Crippen LogP contribution in [0.1, 0.15) is 0 Å². The fraction of sp³-hybridized carbons (Fsp3) is 0. The molecule has 0 radical (unpaired) electrons. The van der Waals surface area contributed by atoms with Crippen molar-refractivity contribution in [1.82, 2.24) is 0 Å². The van der Waals surface area contributed by atoms with E-state index in [9.17, 15) is 0 Å². The largest absolute Gasteiger partial charge is 0.310 e. The molecule has 12 rings (SSSR count). The summed E-state index contributed by atoms with van der Waals surface area (Å²) in [6.07, 6.45) is 0. The van der Waals surface area contributed by atoms with Crippen molar-refractivity contribution in [2.45, 2.75) is 0 Å². The molecule has 0 amide bonds. The zero-order valence-corrected chi connectivity index (χ0v) is 31.2. The normalized spacial score (nSPS) is 11.9. The van der Waals surface area contributed by atoms with Crippen LogP contribution in [0.25, 0.3) is 98.1 Å². The molecular formula is C54H33NS. The fourth-order valence-corrected chi connectivity index (χ4v) is 10.4. The minimum absolute atomic E-state index is 1.12. The first-order chi connectivity index (χ1) is 27.8. The predicted molar refractivity (Wildman–Crippen MR) is 239 cm³/mol. The van der Waals surface area contributed by atoms with Gasteiger partial charge in [0.15, 0.2) is 0 Å². The number of hydrogen-bond donors (Lipinski definition) is 0. The third-order valence-corrected chi connectivity index (χ3v) is 12.9. The number of nitrogens with zero attached hydrogens (tertiary/aromatic N) is 1. The standard InChI is InChI=1S/C54H33NS/c1-2-12-35(13-3-1)39-14-6-8-22-50(39)55(38-29-31-43-42-16-7-9-23-51(42)56-52(43)33-38)37-27-24-34(25-28-37)36-26-30-41-46-19-11-20-47-48-21-10-18-45(54(48)49(41)32-36)40-15-4-5-17-44(40)53(46)47/h1-33H. The van der Waals surface area contributed by atoms with E-state index in [1.165, 1.54) is 98.1 Å². The van der Waals surface area contributed by atoms with Crippen LogP contribution in [0, 0.1) is 0 Å². The SMILES string of the molecule is c1ccc(-c2ccccc2N(c2ccc(-c3ccc4c(c3)-c3c5cccc3-c3cccc-4c3-c3ccccc3-5)cc2)c2ccc3c(c2)sc2ccccc23)cc1. The first-order valence-electron chi connectivity index (χ1n) is 19.3. The molecule has 56 heavy (non-hydrogen) atoms. The van der Waals surface area contributed by atoms with E-state index in [1.54, 1.807) is 0 Å². The minimum atomic E-state index is 1.12. The van der Waals surface area contributed by atoms with E-state index in [2.05, 4.69) is 205 Å². The molecule has 0 N–H and O–H groups in total. The maximum absolute atomic E-state index is 2.43. The van der Waals surface area contributed by atoms with Crippen LogP contribution in [0.5, 0.6) is 0 Å². The molecule has 2 aliphatic carbocycles. The third-order valence-electron chi connectivity index (χ3n) is 11.8. The Hall–Kier alpha value is -7.00. The van der Waals surface area contributed by atoms with E-state index < -0.39 is 0 Å². The Morgan fingerprint density at radius 2 is 0.839 bits per heavy atom. The summed E-state index contributed by atoms with van der Waals surface area (Å²) in [5.74, 6) is 0. The molecule has 2 heteroatoms. The van der Waals surface area contributed by atoms with Crippen LogP contribution < -0.4 is 4.90 Å². The van der Waals surface area contributed by atoms with Gasteiger partial charge in [0.1, 0.15) is 0 Å². The van der Waals surface area contributed by atoms with Crippen molar-refractivity contribution in [1.29, 1.82) is 0 Å². The van der Waals surface area contributed by atoms with Crippen LogP contribution in [0.3, 0.4) is 0 Å². The van der Waals surface area contributed by atoms with Crippen LogP contribution in [0.4, 0.5) is 17.1 Å². The molecule has 10 aromatic rings. The summed E-state index contributed by atoms with van der Waals surface area (Å²) in [6, 6.07) is 74.0. The predicted octanol–water partition coefficient (Wildman–Crippen LogP) is 15.8. The van der Waals surface area contributed by atoms with Gasteiger partial charge in [0, 0.05) is 37.1 Å². The van der Waals surface area contributed by atoms with Crippen molar-refractivity contribution in [3.8, 4) is 77.9 Å². The van der Waals surface area contributed by atoms with Gasteiger partial charge in [-0.15, -0.1) is 11.3 Å². The molecule has 0 spiro atoms. The third kappa shape index (κ3) is 4.67. The molecule has 0 saturated heterocycles. The molecule has 2 aliphatic rings. The van der Waals surface area contributed by atoms with E-state index in [4.69, 9.17) is 0 Å². The lowest BCUT2D eigenvalue weighted by Crippen LogP contribution is -2.11. The van der Waals surface area contributed by atoms with Crippen LogP contribution in [-0.2, 0) is 0 Å². The number of fused-ring (bicyclic) bond motifs is 7. The first-order valence-corrected chi connectivity index (χ1v) is 20.1. The van der Waals surface area contributed by atoms with Crippen LogP contribution in [0.2, 0.25) is 0 Å². The monoisotopic (exact) mass is 727 g/mol. The summed E-state index contributed by atoms with van der Waals surface area (Å²) >= 11 is 1.86. The Kier molecular flexibility index (Phi) is 6.87. The maximum Gasteiger partial charge on any atom is 0.0540 e. The van der Waals surface area contributed by atoms with Gasteiger partial charge in [-0.25, -0.2) is 0 Å². The zero-order chi connectivity index (χ0) is 36.7. The lowest BCUT2D eigenvalue weighted by atomic mass is 9.83. The number of hydrogen-bond acceptors (Lipinski definition) is 2. The van der Waals surface area contributed by atoms with Gasteiger partial charge in [-0.2, -0.15) is 0 Å². The Morgan fingerprint density at radius 1 is 0.286 bits per heavy atom. The molecule has 9 aromatic carbocycles. The molecule has 260 valence electrons. The summed E-state index contributed by atoms with van der Waals surface area (Å²) in [4.78, 5) is 2.42. The zero-order valence-electron chi connectivity index (χ0n) is 30.4. The van der Waals surface area contributed by atoms with Gasteiger partial charge >= 0.3 is 0 Å². The van der Waals surface area contributed by atoms with Gasteiger partial charge in [-0.3, -0.25) is 0 Å². The Morgan fingerprint density at radius 3 is 1.62 bits per heavy atom.